The van der Waals surface area contributed by atoms with Crippen LogP contribution in [0.3, 0.4) is 0 Å². The number of aromatic nitrogens is 9. The Labute approximate surface area is 504 Å². The first-order chi connectivity index (χ1) is 40.5. The molecule has 9 aromatic rings. The predicted molar refractivity (Wildman–Crippen MR) is 316 cm³/mol. The van der Waals surface area contributed by atoms with Gasteiger partial charge in [0.1, 0.15) is 28.6 Å². The fourth-order valence-corrected chi connectivity index (χ4v) is 11.8. The van der Waals surface area contributed by atoms with E-state index in [2.05, 4.69) is 45.5 Å². The summed E-state index contributed by atoms with van der Waals surface area (Å²) in [5.74, 6) is -7.64. The third-order valence-corrected chi connectivity index (χ3v) is 16.5. The SMILES string of the molecule is FC1(F)CCC(CCc2nnc(Cl)c3ccncc23)C1.OB(O)c1ccc(Cl)cc1O.Oc1cc(Cl)ccc1-c1nnc(CC[C@@H]2CCC(F)(F)C2)c2cnccc12.Oc1cc(Cl)ccc1-c1nnc(CC[C@H]2CCC(F)(F)C2)c2cnccc12. The van der Waals surface area contributed by atoms with Gasteiger partial charge < -0.3 is 25.4 Å². The predicted octanol–water partition coefficient (Wildman–Crippen LogP) is 14.6. The highest BCUT2D eigenvalue weighted by Crippen LogP contribution is 2.44. The van der Waals surface area contributed by atoms with Crippen LogP contribution in [0.25, 0.3) is 54.8 Å². The number of alkyl halides is 6. The van der Waals surface area contributed by atoms with E-state index in [9.17, 15) is 36.6 Å². The van der Waals surface area contributed by atoms with E-state index >= 15 is 0 Å². The van der Waals surface area contributed by atoms with Gasteiger partial charge in [0.05, 0.1) is 17.1 Å². The molecule has 444 valence electrons. The van der Waals surface area contributed by atoms with Crippen LogP contribution < -0.4 is 5.46 Å². The third-order valence-electron chi connectivity index (χ3n) is 15.5. The van der Waals surface area contributed by atoms with E-state index in [0.717, 1.165) is 49.4 Å². The molecule has 5 N–H and O–H groups in total. The maximum absolute atomic E-state index is 13.4. The van der Waals surface area contributed by atoms with Crippen molar-refractivity contribution in [2.24, 2.45) is 17.8 Å². The quantitative estimate of drug-likeness (QED) is 0.0568. The molecule has 3 saturated carbocycles. The van der Waals surface area contributed by atoms with Crippen molar-refractivity contribution in [2.45, 2.75) is 114 Å². The summed E-state index contributed by atoms with van der Waals surface area (Å²) in [6.45, 7) is 0. The Morgan fingerprint density at radius 3 is 1.14 bits per heavy atom. The second-order valence-electron chi connectivity index (χ2n) is 21.6. The molecule has 3 atom stereocenters. The Balaban J connectivity index is 0.000000142. The normalized spacial score (nSPS) is 18.3. The average Bonchev–Trinajstić information content (AvgIpc) is 2.44. The van der Waals surface area contributed by atoms with Crippen molar-refractivity contribution in [3.05, 3.63) is 147 Å². The minimum Gasteiger partial charge on any atom is -0.508 e. The maximum atomic E-state index is 13.4. The summed E-state index contributed by atoms with van der Waals surface area (Å²) in [5.41, 5.74) is 4.46. The van der Waals surface area contributed by atoms with Crippen molar-refractivity contribution < 1.29 is 51.7 Å². The average molecular weight is 1250 g/mol. The van der Waals surface area contributed by atoms with Gasteiger partial charge in [0.15, 0.2) is 5.15 Å². The van der Waals surface area contributed by atoms with Crippen molar-refractivity contribution in [3.63, 3.8) is 0 Å². The Bertz CT molecular complexity index is 3670. The zero-order valence-corrected chi connectivity index (χ0v) is 48.4. The molecule has 3 aliphatic rings. The van der Waals surface area contributed by atoms with Crippen LogP contribution >= 0.6 is 46.4 Å². The molecule has 1 unspecified atom stereocenters. The lowest BCUT2D eigenvalue weighted by Gasteiger charge is -2.13. The van der Waals surface area contributed by atoms with Gasteiger partial charge in [-0.05, 0) is 142 Å². The first-order valence-corrected chi connectivity index (χ1v) is 28.9. The van der Waals surface area contributed by atoms with Gasteiger partial charge in [-0.25, -0.2) is 26.3 Å². The van der Waals surface area contributed by atoms with Gasteiger partial charge in [0, 0.05) is 140 Å². The molecule has 14 nitrogen and oxygen atoms in total. The number of benzene rings is 3. The number of aryl methyl sites for hydroxylation is 3. The summed E-state index contributed by atoms with van der Waals surface area (Å²) >= 11 is 23.3. The summed E-state index contributed by atoms with van der Waals surface area (Å²) in [7, 11) is -1.66. The first-order valence-electron chi connectivity index (χ1n) is 27.4. The molecule has 0 radical (unpaired) electrons. The van der Waals surface area contributed by atoms with E-state index in [0.29, 0.717) is 101 Å². The fraction of sp³-hybridized carbons (Fsp3) is 0.350. The lowest BCUT2D eigenvalue weighted by Crippen LogP contribution is -2.29. The molecular weight excluding hydrogens is 1190 g/mol. The Morgan fingerprint density at radius 1 is 0.435 bits per heavy atom. The van der Waals surface area contributed by atoms with Crippen LogP contribution in [0.1, 0.15) is 94.1 Å². The minimum atomic E-state index is -2.53. The topological polar surface area (TPSA) is 217 Å². The van der Waals surface area contributed by atoms with E-state index < -0.39 is 24.9 Å². The molecule has 0 saturated heterocycles. The summed E-state index contributed by atoms with van der Waals surface area (Å²) in [6, 6.07) is 19.2. The van der Waals surface area contributed by atoms with Crippen molar-refractivity contribution in [3.8, 4) is 39.8 Å². The molecule has 0 spiro atoms. The van der Waals surface area contributed by atoms with E-state index in [4.69, 9.17) is 61.6 Å². The largest absolute Gasteiger partial charge is 0.508 e. The molecule has 25 heteroatoms. The van der Waals surface area contributed by atoms with E-state index in [-0.39, 0.29) is 79.0 Å². The number of hydrogen-bond donors (Lipinski definition) is 5. The van der Waals surface area contributed by atoms with Crippen LogP contribution in [-0.4, -0.2) is 95.8 Å². The highest BCUT2D eigenvalue weighted by molar-refractivity contribution is 6.59. The molecule has 12 rings (SSSR count). The Kier molecular flexibility index (Phi) is 20.2. The standard InChI is InChI=1S/2C20H18ClF2N3O.C14H14ClF2N3.C6H6BClO3/c2*21-13-2-3-15(18(27)9-13)19-14-6-8-24-11-16(14)17(25-26-19)4-1-12-5-7-20(22,23)10-12;15-13-10-4-6-18-8-11(10)12(19-20-13)2-1-9-3-5-14(16,17)7-9;8-4-1-2-5(7(10)11)6(9)3-4/h2*2-3,6,8-9,11-12,27H,1,4-5,7,10H2;4,6,8-9H,1-3,5,7H2;1-3,9-11H/t2*12-;;/m10../s1. The summed E-state index contributed by atoms with van der Waals surface area (Å²) < 4.78 is 80.0. The number of phenols is 3. The van der Waals surface area contributed by atoms with E-state index in [1.807, 2.05) is 12.1 Å². The van der Waals surface area contributed by atoms with E-state index in [1.165, 1.54) is 30.3 Å². The van der Waals surface area contributed by atoms with Crippen LogP contribution in [-0.2, 0) is 19.3 Å². The second-order valence-corrected chi connectivity index (χ2v) is 23.3. The number of phenolic OH excluding ortho intramolecular Hbond substituents is 3. The molecule has 85 heavy (non-hydrogen) atoms. The number of fused-ring (bicyclic) bond motifs is 3. The monoisotopic (exact) mass is 1250 g/mol. The highest BCUT2D eigenvalue weighted by Gasteiger charge is 2.41. The van der Waals surface area contributed by atoms with Gasteiger partial charge >= 0.3 is 7.12 Å². The summed E-state index contributed by atoms with van der Waals surface area (Å²) in [6.07, 6.45) is 15.4. The summed E-state index contributed by atoms with van der Waals surface area (Å²) in [4.78, 5) is 12.4. The number of aromatic hydroxyl groups is 3. The number of halogens is 10. The molecule has 0 amide bonds. The van der Waals surface area contributed by atoms with Crippen LogP contribution in [0.5, 0.6) is 17.2 Å². The van der Waals surface area contributed by atoms with Crippen LogP contribution in [0.15, 0.2) is 110 Å². The van der Waals surface area contributed by atoms with Crippen molar-refractivity contribution in [1.82, 2.24) is 45.5 Å². The zero-order valence-electron chi connectivity index (χ0n) is 45.3. The molecule has 3 fully saturated rings. The van der Waals surface area contributed by atoms with Gasteiger partial charge in [-0.2, -0.15) is 15.3 Å². The third kappa shape index (κ3) is 16.2. The van der Waals surface area contributed by atoms with Crippen LogP contribution in [0, 0.1) is 17.8 Å². The number of pyridine rings is 3. The van der Waals surface area contributed by atoms with Gasteiger partial charge in [-0.15, -0.1) is 15.3 Å². The van der Waals surface area contributed by atoms with Gasteiger partial charge in [0.25, 0.3) is 0 Å². The van der Waals surface area contributed by atoms with Gasteiger partial charge in [0.2, 0.25) is 17.8 Å². The molecular formula is C60H56BCl4F6N9O5. The molecule has 6 heterocycles. The van der Waals surface area contributed by atoms with Crippen molar-refractivity contribution in [1.29, 1.82) is 0 Å². The van der Waals surface area contributed by atoms with Crippen LogP contribution in [0.4, 0.5) is 26.3 Å². The Morgan fingerprint density at radius 2 is 0.788 bits per heavy atom. The lowest BCUT2D eigenvalue weighted by atomic mass is 9.80. The number of nitrogens with zero attached hydrogens (tertiary/aromatic N) is 9. The summed E-state index contributed by atoms with van der Waals surface area (Å²) in [5, 5.41) is 78.6. The number of rotatable bonds is 12. The molecule has 6 aromatic heterocycles. The van der Waals surface area contributed by atoms with Gasteiger partial charge in [-0.1, -0.05) is 52.5 Å². The molecule has 3 aromatic carbocycles. The fourth-order valence-electron chi connectivity index (χ4n) is 11.1. The molecule has 0 aliphatic heterocycles. The first kappa shape index (κ1) is 62.8. The highest BCUT2D eigenvalue weighted by atomic mass is 35.5. The van der Waals surface area contributed by atoms with Crippen molar-refractivity contribution in [2.75, 3.05) is 0 Å². The van der Waals surface area contributed by atoms with Crippen molar-refractivity contribution >= 4 is 91.3 Å². The Hall–Kier alpha value is -6.75. The second kappa shape index (κ2) is 27.3. The zero-order chi connectivity index (χ0) is 60.6. The number of hydrogen-bond acceptors (Lipinski definition) is 14. The molecule has 0 bridgehead atoms. The lowest BCUT2D eigenvalue weighted by molar-refractivity contribution is 0.00401. The van der Waals surface area contributed by atoms with Gasteiger partial charge in [-0.3, -0.25) is 15.0 Å². The van der Waals surface area contributed by atoms with Crippen LogP contribution in [0.2, 0.25) is 20.2 Å². The maximum Gasteiger partial charge on any atom is 0.492 e. The molecule has 3 aliphatic carbocycles. The van der Waals surface area contributed by atoms with E-state index in [1.54, 1.807) is 67.5 Å². The smallest absolute Gasteiger partial charge is 0.492 e. The minimum absolute atomic E-state index is 0.00622.